The molecule has 0 aromatic heterocycles. The average Bonchev–Trinajstić information content (AvgIpc) is 2.93. The van der Waals surface area contributed by atoms with Crippen LogP contribution < -0.4 is 0 Å². The van der Waals surface area contributed by atoms with Crippen molar-refractivity contribution in [3.63, 3.8) is 0 Å². The number of esters is 2. The second-order valence-electron chi connectivity index (χ2n) is 9.61. The third-order valence-corrected chi connectivity index (χ3v) is 8.40. The quantitative estimate of drug-likeness (QED) is 0.402. The maximum absolute atomic E-state index is 11.8. The number of carbonyl (C=O) groups is 2. The normalized spacial score (nSPS) is 44.2. The number of hydrogen-bond acceptors (Lipinski definition) is 4. The lowest BCUT2D eigenvalue weighted by atomic mass is 9.50. The van der Waals surface area contributed by atoms with Crippen LogP contribution in [-0.4, -0.2) is 23.6 Å². The number of terminal acetylenes is 1. The first kappa shape index (κ1) is 19.6. The van der Waals surface area contributed by atoms with Crippen molar-refractivity contribution in [3.8, 4) is 12.3 Å². The first-order chi connectivity index (χ1) is 13.3. The number of hydrogen-bond donors (Lipinski definition) is 0. The zero-order valence-corrected chi connectivity index (χ0v) is 17.3. The van der Waals surface area contributed by atoms with Crippen molar-refractivity contribution in [1.82, 2.24) is 0 Å². The second kappa shape index (κ2) is 6.94. The van der Waals surface area contributed by atoms with Crippen LogP contribution in [0.2, 0.25) is 0 Å². The number of rotatable bonds is 2. The van der Waals surface area contributed by atoms with Crippen molar-refractivity contribution >= 4 is 11.9 Å². The summed E-state index contributed by atoms with van der Waals surface area (Å²) in [6.07, 6.45) is 16.5. The summed E-state index contributed by atoms with van der Waals surface area (Å²) in [5, 5.41) is 0. The van der Waals surface area contributed by atoms with Gasteiger partial charge >= 0.3 is 11.9 Å². The summed E-state index contributed by atoms with van der Waals surface area (Å²) in [6.45, 7) is 5.23. The zero-order chi connectivity index (χ0) is 20.1. The molecule has 28 heavy (non-hydrogen) atoms. The van der Waals surface area contributed by atoms with Crippen molar-refractivity contribution in [2.45, 2.75) is 83.8 Å². The Labute approximate surface area is 168 Å². The Kier molecular flexibility index (Phi) is 4.84. The predicted molar refractivity (Wildman–Crippen MR) is 106 cm³/mol. The van der Waals surface area contributed by atoms with E-state index in [1.807, 2.05) is 0 Å². The van der Waals surface area contributed by atoms with Gasteiger partial charge in [-0.3, -0.25) is 9.59 Å². The van der Waals surface area contributed by atoms with Gasteiger partial charge in [0.1, 0.15) is 6.10 Å². The minimum absolute atomic E-state index is 0.0429. The van der Waals surface area contributed by atoms with E-state index in [2.05, 4.69) is 18.9 Å². The van der Waals surface area contributed by atoms with Crippen LogP contribution in [0.3, 0.4) is 0 Å². The van der Waals surface area contributed by atoms with Gasteiger partial charge in [-0.05, 0) is 81.1 Å². The number of allylic oxidation sites excluding steroid dienone is 1. The van der Waals surface area contributed by atoms with Crippen LogP contribution in [0.4, 0.5) is 0 Å². The van der Waals surface area contributed by atoms with Gasteiger partial charge < -0.3 is 9.47 Å². The van der Waals surface area contributed by atoms with E-state index >= 15 is 0 Å². The lowest BCUT2D eigenvalue weighted by Crippen LogP contribution is -2.53. The molecule has 4 nitrogen and oxygen atoms in total. The Morgan fingerprint density at radius 1 is 1.07 bits per heavy atom. The molecule has 3 fully saturated rings. The van der Waals surface area contributed by atoms with E-state index in [1.165, 1.54) is 25.8 Å². The summed E-state index contributed by atoms with van der Waals surface area (Å²) in [5.41, 5.74) is 0.644. The van der Waals surface area contributed by atoms with Crippen LogP contribution in [0, 0.1) is 41.4 Å². The molecule has 0 heterocycles. The summed E-state index contributed by atoms with van der Waals surface area (Å²) in [5.74, 6) is 4.94. The number of fused-ring (bicyclic) bond motifs is 5. The molecule has 0 radical (unpaired) electrons. The van der Waals surface area contributed by atoms with Crippen molar-refractivity contribution < 1.29 is 19.1 Å². The molecule has 0 aromatic rings. The first-order valence-electron chi connectivity index (χ1n) is 10.8. The Morgan fingerprint density at radius 3 is 2.54 bits per heavy atom. The highest BCUT2D eigenvalue weighted by Gasteiger charge is 2.64. The Hall–Kier alpha value is -1.76. The maximum atomic E-state index is 11.8. The summed E-state index contributed by atoms with van der Waals surface area (Å²) in [4.78, 5) is 23.1. The molecule has 3 saturated carbocycles. The van der Waals surface area contributed by atoms with E-state index in [0.717, 1.165) is 44.9 Å². The highest BCUT2D eigenvalue weighted by molar-refractivity contribution is 5.67. The fourth-order valence-electron chi connectivity index (χ4n) is 7.28. The van der Waals surface area contributed by atoms with Gasteiger partial charge in [0.05, 0.1) is 0 Å². The highest BCUT2D eigenvalue weighted by atomic mass is 16.6. The molecule has 0 spiro atoms. The van der Waals surface area contributed by atoms with Crippen LogP contribution in [0.25, 0.3) is 0 Å². The predicted octanol–water partition coefficient (Wildman–Crippen LogP) is 4.43. The second-order valence-corrected chi connectivity index (χ2v) is 9.61. The van der Waals surface area contributed by atoms with Gasteiger partial charge in [-0.15, -0.1) is 6.42 Å². The molecule has 0 unspecified atom stereocenters. The van der Waals surface area contributed by atoms with Gasteiger partial charge in [-0.1, -0.05) is 18.4 Å². The van der Waals surface area contributed by atoms with E-state index in [9.17, 15) is 9.59 Å². The van der Waals surface area contributed by atoms with E-state index in [1.54, 1.807) is 0 Å². The van der Waals surface area contributed by atoms with Crippen molar-refractivity contribution in [3.05, 3.63) is 11.6 Å². The molecule has 0 bridgehead atoms. The minimum Gasteiger partial charge on any atom is -0.458 e. The van der Waals surface area contributed by atoms with Gasteiger partial charge in [-0.2, -0.15) is 0 Å². The lowest BCUT2D eigenvalue weighted by molar-refractivity contribution is -0.167. The van der Waals surface area contributed by atoms with Crippen LogP contribution in [-0.2, 0) is 19.1 Å². The standard InChI is InChI=1S/C24H32O4/c1-5-24(28-16(3)26)13-11-22-21-8-6-17-14-18(27-15(2)25)7-9-19(17)20(21)10-12-23(22,24)4/h1,14,18-22H,6-13H2,2-4H3/t18-,19+,20-,21-,22-,23+,24+/m1/s1. The number of ether oxygens (including phenoxy) is 2. The van der Waals surface area contributed by atoms with E-state index in [-0.39, 0.29) is 23.5 Å². The monoisotopic (exact) mass is 384 g/mol. The van der Waals surface area contributed by atoms with Crippen LogP contribution >= 0.6 is 0 Å². The lowest BCUT2D eigenvalue weighted by Gasteiger charge is -2.55. The van der Waals surface area contributed by atoms with E-state index in [4.69, 9.17) is 15.9 Å². The average molecular weight is 385 g/mol. The van der Waals surface area contributed by atoms with Crippen molar-refractivity contribution in [1.29, 1.82) is 0 Å². The molecule has 0 saturated heterocycles. The largest absolute Gasteiger partial charge is 0.458 e. The molecule has 0 amide bonds. The van der Waals surface area contributed by atoms with Crippen LogP contribution in [0.15, 0.2) is 11.6 Å². The van der Waals surface area contributed by atoms with Crippen LogP contribution in [0.1, 0.15) is 72.1 Å². The molecular formula is C24H32O4. The number of carbonyl (C=O) groups excluding carboxylic acids is 2. The maximum Gasteiger partial charge on any atom is 0.304 e. The first-order valence-corrected chi connectivity index (χ1v) is 10.8. The molecule has 0 aliphatic heterocycles. The molecule has 4 aliphatic carbocycles. The summed E-state index contributed by atoms with van der Waals surface area (Å²) in [6, 6.07) is 0. The highest BCUT2D eigenvalue weighted by Crippen LogP contribution is 2.65. The Morgan fingerprint density at radius 2 is 1.86 bits per heavy atom. The molecule has 4 rings (SSSR count). The molecule has 152 valence electrons. The van der Waals surface area contributed by atoms with Crippen molar-refractivity contribution in [2.24, 2.45) is 29.1 Å². The molecule has 0 aromatic carbocycles. The van der Waals surface area contributed by atoms with Gasteiger partial charge in [0.2, 0.25) is 0 Å². The molecular weight excluding hydrogens is 352 g/mol. The molecule has 0 N–H and O–H groups in total. The van der Waals surface area contributed by atoms with Gasteiger partial charge in [0.15, 0.2) is 5.60 Å². The fourth-order valence-corrected chi connectivity index (χ4v) is 7.28. The van der Waals surface area contributed by atoms with Gasteiger partial charge in [-0.25, -0.2) is 0 Å². The van der Waals surface area contributed by atoms with Gasteiger partial charge in [0.25, 0.3) is 0 Å². The summed E-state index contributed by atoms with van der Waals surface area (Å²) in [7, 11) is 0. The molecule has 7 atom stereocenters. The van der Waals surface area contributed by atoms with E-state index < -0.39 is 5.60 Å². The van der Waals surface area contributed by atoms with E-state index in [0.29, 0.717) is 23.7 Å². The zero-order valence-electron chi connectivity index (χ0n) is 17.3. The summed E-state index contributed by atoms with van der Waals surface area (Å²) < 4.78 is 11.3. The Balaban J connectivity index is 1.57. The van der Waals surface area contributed by atoms with Gasteiger partial charge in [0, 0.05) is 19.3 Å². The summed E-state index contributed by atoms with van der Waals surface area (Å²) >= 11 is 0. The SMILES string of the molecule is C#C[C@]1(OC(C)=O)CC[C@@H]2[C@@H]3CCC4=C[C@H](OC(C)=O)CC[C@@H]4[C@H]3CC[C@@]21C. The topological polar surface area (TPSA) is 52.6 Å². The third kappa shape index (κ3) is 2.90. The van der Waals surface area contributed by atoms with Crippen LogP contribution in [0.5, 0.6) is 0 Å². The minimum atomic E-state index is -0.739. The molecule has 4 heteroatoms. The van der Waals surface area contributed by atoms with Crippen molar-refractivity contribution in [2.75, 3.05) is 0 Å². The smallest absolute Gasteiger partial charge is 0.304 e. The fraction of sp³-hybridized carbons (Fsp3) is 0.750. The third-order valence-electron chi connectivity index (χ3n) is 8.40. The Bertz CT molecular complexity index is 746. The molecule has 4 aliphatic rings.